The number of hydrogen-bond acceptors (Lipinski definition) is 2. The Bertz CT molecular complexity index is 879. The molecule has 1 saturated carbocycles. The number of fused-ring (bicyclic) bond motifs is 1. The lowest BCUT2D eigenvalue weighted by molar-refractivity contribution is -0.0700. The molecule has 1 aromatic carbocycles. The Morgan fingerprint density at radius 3 is 2.38 bits per heavy atom. The minimum Gasteiger partial charge on any atom is -0.508 e. The Morgan fingerprint density at radius 2 is 1.65 bits per heavy atom. The average molecular weight is 344 g/mol. The molecule has 0 bridgehead atoms. The lowest BCUT2D eigenvalue weighted by Gasteiger charge is -2.31. The summed E-state index contributed by atoms with van der Waals surface area (Å²) in [5.74, 6) is 0.371. The van der Waals surface area contributed by atoms with Crippen molar-refractivity contribution in [3.63, 3.8) is 0 Å². The SMILES string of the molecule is Oc1ccc(Cc2cc3cccccc-3c2)cc1[C@@H]1CCCC2(CC2)O1. The second-order valence-corrected chi connectivity index (χ2v) is 7.94. The van der Waals surface area contributed by atoms with Gasteiger partial charge >= 0.3 is 0 Å². The molecule has 0 unspecified atom stereocenters. The first-order chi connectivity index (χ1) is 12.7. The number of benzene rings is 1. The monoisotopic (exact) mass is 344 g/mol. The van der Waals surface area contributed by atoms with Gasteiger partial charge in [0.1, 0.15) is 5.75 Å². The highest BCUT2D eigenvalue weighted by Crippen LogP contribution is 2.52. The van der Waals surface area contributed by atoms with Crippen LogP contribution in [-0.4, -0.2) is 10.7 Å². The highest BCUT2D eigenvalue weighted by atomic mass is 16.5. The number of hydrogen-bond donors (Lipinski definition) is 1. The first-order valence-electron chi connectivity index (χ1n) is 9.68. The lowest BCUT2D eigenvalue weighted by atomic mass is 9.94. The van der Waals surface area contributed by atoms with Crippen LogP contribution in [0.3, 0.4) is 0 Å². The maximum absolute atomic E-state index is 10.4. The molecule has 0 radical (unpaired) electrons. The van der Waals surface area contributed by atoms with Gasteiger partial charge < -0.3 is 9.84 Å². The van der Waals surface area contributed by atoms with E-state index < -0.39 is 0 Å². The summed E-state index contributed by atoms with van der Waals surface area (Å²) in [6.07, 6.45) is 6.67. The van der Waals surface area contributed by atoms with Gasteiger partial charge in [0.05, 0.1) is 11.7 Å². The van der Waals surface area contributed by atoms with Crippen LogP contribution in [-0.2, 0) is 11.2 Å². The molecule has 1 atom stereocenters. The van der Waals surface area contributed by atoms with Crippen molar-refractivity contribution in [3.8, 4) is 16.9 Å². The molecule has 132 valence electrons. The van der Waals surface area contributed by atoms with E-state index in [1.165, 1.54) is 47.9 Å². The molecule has 1 saturated heterocycles. The molecular formula is C24H24O2. The third kappa shape index (κ3) is 2.99. The fraction of sp³-hybridized carbons (Fsp3) is 0.333. The van der Waals surface area contributed by atoms with Crippen molar-refractivity contribution < 1.29 is 9.84 Å². The summed E-state index contributed by atoms with van der Waals surface area (Å²) >= 11 is 0. The van der Waals surface area contributed by atoms with E-state index in [-0.39, 0.29) is 11.7 Å². The van der Waals surface area contributed by atoms with Crippen LogP contribution in [0.2, 0.25) is 0 Å². The maximum Gasteiger partial charge on any atom is 0.121 e. The van der Waals surface area contributed by atoms with Crippen molar-refractivity contribution in [3.05, 3.63) is 77.4 Å². The van der Waals surface area contributed by atoms with Crippen molar-refractivity contribution in [2.45, 2.75) is 50.2 Å². The fourth-order valence-corrected chi connectivity index (χ4v) is 4.34. The van der Waals surface area contributed by atoms with Crippen molar-refractivity contribution in [1.29, 1.82) is 0 Å². The Balaban J connectivity index is 1.42. The standard InChI is InChI=1S/C24H24O2/c25-22-9-8-17(13-18-14-19-5-2-1-3-6-20(19)15-18)16-21(22)23-7-4-10-24(26-23)11-12-24/h1-3,5-6,8-9,14-16,23,25H,4,7,10-13H2/t23-/m0/s1. The molecule has 2 nitrogen and oxygen atoms in total. The molecule has 26 heavy (non-hydrogen) atoms. The van der Waals surface area contributed by atoms with Crippen molar-refractivity contribution in [2.75, 3.05) is 0 Å². The smallest absolute Gasteiger partial charge is 0.121 e. The predicted molar refractivity (Wildman–Crippen MR) is 104 cm³/mol. The van der Waals surface area contributed by atoms with Crippen LogP contribution in [0, 0.1) is 0 Å². The Kier molecular flexibility index (Phi) is 3.75. The van der Waals surface area contributed by atoms with Gasteiger partial charge in [-0.05, 0) is 72.9 Å². The summed E-state index contributed by atoms with van der Waals surface area (Å²) in [5, 5.41) is 10.4. The van der Waals surface area contributed by atoms with E-state index in [2.05, 4.69) is 48.5 Å². The van der Waals surface area contributed by atoms with Gasteiger partial charge in [0.25, 0.3) is 0 Å². The molecule has 1 spiro atoms. The van der Waals surface area contributed by atoms with Crippen molar-refractivity contribution >= 4 is 0 Å². The molecular weight excluding hydrogens is 320 g/mol. The van der Waals surface area contributed by atoms with E-state index in [0.29, 0.717) is 5.75 Å². The summed E-state index contributed by atoms with van der Waals surface area (Å²) in [4.78, 5) is 0. The van der Waals surface area contributed by atoms with Crippen LogP contribution in [0.15, 0.2) is 60.7 Å². The third-order valence-corrected chi connectivity index (χ3v) is 5.93. The van der Waals surface area contributed by atoms with Crippen LogP contribution in [0.4, 0.5) is 0 Å². The average Bonchev–Trinajstić information content (AvgIpc) is 3.33. The number of phenols is 1. The topological polar surface area (TPSA) is 29.5 Å². The van der Waals surface area contributed by atoms with Crippen LogP contribution in [0.1, 0.15) is 54.9 Å². The van der Waals surface area contributed by atoms with Gasteiger partial charge in [-0.15, -0.1) is 0 Å². The van der Waals surface area contributed by atoms with E-state index in [4.69, 9.17) is 4.74 Å². The lowest BCUT2D eigenvalue weighted by Crippen LogP contribution is -2.23. The van der Waals surface area contributed by atoms with E-state index in [1.54, 1.807) is 0 Å². The van der Waals surface area contributed by atoms with Crippen LogP contribution in [0.25, 0.3) is 11.1 Å². The quantitative estimate of drug-likeness (QED) is 0.644. The van der Waals surface area contributed by atoms with E-state index in [1.807, 2.05) is 12.1 Å². The summed E-state index contributed by atoms with van der Waals surface area (Å²) in [6.45, 7) is 0. The van der Waals surface area contributed by atoms with Crippen LogP contribution < -0.4 is 0 Å². The second kappa shape index (κ2) is 6.14. The van der Waals surface area contributed by atoms with Crippen molar-refractivity contribution in [2.24, 2.45) is 0 Å². The predicted octanol–water partition coefficient (Wildman–Crippen LogP) is 5.86. The summed E-state index contributed by atoms with van der Waals surface area (Å²) < 4.78 is 6.36. The van der Waals surface area contributed by atoms with Gasteiger partial charge in [-0.2, -0.15) is 0 Å². The Hall–Kier alpha value is -2.32. The van der Waals surface area contributed by atoms with Gasteiger partial charge in [-0.3, -0.25) is 0 Å². The molecule has 4 aliphatic rings. The zero-order chi connectivity index (χ0) is 17.6. The molecule has 0 aromatic heterocycles. The molecule has 1 aromatic rings. The molecule has 2 fully saturated rings. The van der Waals surface area contributed by atoms with E-state index >= 15 is 0 Å². The summed E-state index contributed by atoms with van der Waals surface area (Å²) in [6, 6.07) is 21.1. The molecule has 0 amide bonds. The molecule has 2 heteroatoms. The highest BCUT2D eigenvalue weighted by molar-refractivity contribution is 5.68. The molecule has 5 rings (SSSR count). The Morgan fingerprint density at radius 1 is 0.885 bits per heavy atom. The van der Waals surface area contributed by atoms with Crippen LogP contribution in [0.5, 0.6) is 5.75 Å². The summed E-state index contributed by atoms with van der Waals surface area (Å²) in [7, 11) is 0. The Labute approximate surface area is 154 Å². The minimum absolute atomic E-state index is 0.0454. The second-order valence-electron chi connectivity index (χ2n) is 7.94. The first kappa shape index (κ1) is 15.9. The van der Waals surface area contributed by atoms with Gasteiger partial charge in [0.2, 0.25) is 0 Å². The van der Waals surface area contributed by atoms with Crippen molar-refractivity contribution in [1.82, 2.24) is 0 Å². The van der Waals surface area contributed by atoms with Gasteiger partial charge in [0, 0.05) is 5.56 Å². The number of aromatic hydroxyl groups is 1. The fourth-order valence-electron chi connectivity index (χ4n) is 4.34. The van der Waals surface area contributed by atoms with Gasteiger partial charge in [-0.25, -0.2) is 0 Å². The van der Waals surface area contributed by atoms with Gasteiger partial charge in [-0.1, -0.05) is 48.5 Å². The van der Waals surface area contributed by atoms with Crippen LogP contribution >= 0.6 is 0 Å². The highest BCUT2D eigenvalue weighted by Gasteiger charge is 2.47. The number of phenolic OH excluding ortho intramolecular Hbond substituents is 1. The minimum atomic E-state index is 0.0454. The van der Waals surface area contributed by atoms with E-state index in [0.717, 1.165) is 18.4 Å². The largest absolute Gasteiger partial charge is 0.508 e. The zero-order valence-electron chi connectivity index (χ0n) is 14.9. The number of ether oxygens (including phenoxy) is 1. The first-order valence-corrected chi connectivity index (χ1v) is 9.68. The normalized spacial score (nSPS) is 21.2. The molecule has 1 aliphatic heterocycles. The summed E-state index contributed by atoms with van der Waals surface area (Å²) in [5.41, 5.74) is 6.19. The number of rotatable bonds is 3. The molecule has 3 aliphatic carbocycles. The molecule has 1 N–H and O–H groups in total. The molecule has 1 heterocycles. The zero-order valence-corrected chi connectivity index (χ0v) is 14.9. The maximum atomic E-state index is 10.4. The third-order valence-electron chi connectivity index (χ3n) is 5.93. The van der Waals surface area contributed by atoms with E-state index in [9.17, 15) is 5.11 Å². The van der Waals surface area contributed by atoms with Gasteiger partial charge in [0.15, 0.2) is 0 Å².